The van der Waals surface area contributed by atoms with Crippen LogP contribution < -0.4 is 10.1 Å². The molecule has 0 aliphatic rings. The lowest BCUT2D eigenvalue weighted by Crippen LogP contribution is -2.17. The Balaban J connectivity index is 2.58. The van der Waals surface area contributed by atoms with Gasteiger partial charge >= 0.3 is 0 Å². The monoisotopic (exact) mass is 213 g/mol. The standard InChI is InChI=1S/C11H16FNO2/c1-15-11-5-2-4-10(12)9(11)8-13-6-3-7-14/h2,4-5,13-14H,3,6-8H2,1H3. The second-order valence-corrected chi connectivity index (χ2v) is 3.17. The van der Waals surface area contributed by atoms with E-state index in [1.807, 2.05) is 0 Å². The molecule has 0 fully saturated rings. The van der Waals surface area contributed by atoms with Gasteiger partial charge in [-0.05, 0) is 25.1 Å². The summed E-state index contributed by atoms with van der Waals surface area (Å²) < 4.78 is 18.4. The number of ether oxygens (including phenoxy) is 1. The van der Waals surface area contributed by atoms with Crippen molar-refractivity contribution in [3.05, 3.63) is 29.6 Å². The molecule has 1 aromatic rings. The van der Waals surface area contributed by atoms with Crippen LogP contribution in [0.4, 0.5) is 4.39 Å². The second-order valence-electron chi connectivity index (χ2n) is 3.17. The predicted octanol–water partition coefficient (Wildman–Crippen LogP) is 1.31. The molecule has 1 rings (SSSR count). The summed E-state index contributed by atoms with van der Waals surface area (Å²) in [6.07, 6.45) is 0.663. The molecule has 1 aromatic carbocycles. The summed E-state index contributed by atoms with van der Waals surface area (Å²) in [5.74, 6) is 0.275. The molecule has 0 atom stereocenters. The van der Waals surface area contributed by atoms with Crippen molar-refractivity contribution in [2.45, 2.75) is 13.0 Å². The van der Waals surface area contributed by atoms with Gasteiger partial charge < -0.3 is 15.2 Å². The molecule has 84 valence electrons. The predicted molar refractivity (Wildman–Crippen MR) is 56.4 cm³/mol. The van der Waals surface area contributed by atoms with Gasteiger partial charge in [0.05, 0.1) is 7.11 Å². The van der Waals surface area contributed by atoms with Crippen LogP contribution in [-0.2, 0) is 6.54 Å². The number of hydrogen-bond donors (Lipinski definition) is 2. The van der Waals surface area contributed by atoms with Crippen molar-refractivity contribution in [2.24, 2.45) is 0 Å². The fraction of sp³-hybridized carbons (Fsp3) is 0.455. The second kappa shape index (κ2) is 6.37. The van der Waals surface area contributed by atoms with E-state index < -0.39 is 0 Å². The summed E-state index contributed by atoms with van der Waals surface area (Å²) in [5, 5.41) is 11.6. The molecule has 0 bridgehead atoms. The van der Waals surface area contributed by atoms with Crippen LogP contribution >= 0.6 is 0 Å². The minimum Gasteiger partial charge on any atom is -0.496 e. The van der Waals surface area contributed by atoms with Crippen molar-refractivity contribution < 1.29 is 14.2 Å². The lowest BCUT2D eigenvalue weighted by Gasteiger charge is -2.10. The SMILES string of the molecule is COc1cccc(F)c1CNCCCO. The summed E-state index contributed by atoms with van der Waals surface area (Å²) in [6.45, 7) is 1.21. The zero-order valence-corrected chi connectivity index (χ0v) is 8.79. The molecule has 0 aromatic heterocycles. The van der Waals surface area contributed by atoms with Gasteiger partial charge in [-0.25, -0.2) is 4.39 Å². The van der Waals surface area contributed by atoms with E-state index in [9.17, 15) is 4.39 Å². The van der Waals surface area contributed by atoms with Gasteiger partial charge in [0, 0.05) is 18.7 Å². The Morgan fingerprint density at radius 2 is 2.27 bits per heavy atom. The van der Waals surface area contributed by atoms with Crippen molar-refractivity contribution in [3.63, 3.8) is 0 Å². The van der Waals surface area contributed by atoms with Gasteiger partial charge in [0.2, 0.25) is 0 Å². The molecular weight excluding hydrogens is 197 g/mol. The number of halogens is 1. The third-order valence-corrected chi connectivity index (χ3v) is 2.11. The summed E-state index contributed by atoms with van der Waals surface area (Å²) in [7, 11) is 1.52. The Morgan fingerprint density at radius 3 is 2.93 bits per heavy atom. The highest BCUT2D eigenvalue weighted by Crippen LogP contribution is 2.20. The highest BCUT2D eigenvalue weighted by atomic mass is 19.1. The topological polar surface area (TPSA) is 41.5 Å². The van der Waals surface area contributed by atoms with Crippen LogP contribution in [0.2, 0.25) is 0 Å². The molecular formula is C11H16FNO2. The van der Waals surface area contributed by atoms with Crippen molar-refractivity contribution in [1.29, 1.82) is 0 Å². The zero-order chi connectivity index (χ0) is 11.1. The summed E-state index contributed by atoms with van der Waals surface area (Å²) in [6, 6.07) is 4.75. The maximum atomic E-state index is 13.4. The van der Waals surface area contributed by atoms with Gasteiger partial charge in [-0.1, -0.05) is 6.07 Å². The molecule has 3 nitrogen and oxygen atoms in total. The minimum absolute atomic E-state index is 0.140. The number of hydrogen-bond acceptors (Lipinski definition) is 3. The molecule has 0 radical (unpaired) electrons. The molecule has 2 N–H and O–H groups in total. The van der Waals surface area contributed by atoms with Crippen molar-refractivity contribution in [1.82, 2.24) is 5.32 Å². The van der Waals surface area contributed by atoms with Crippen LogP contribution in [0.25, 0.3) is 0 Å². The Labute approximate surface area is 88.9 Å². The molecule has 0 saturated heterocycles. The van der Waals surface area contributed by atoms with E-state index in [-0.39, 0.29) is 12.4 Å². The number of benzene rings is 1. The average molecular weight is 213 g/mol. The number of nitrogens with one attached hydrogen (secondary N) is 1. The van der Waals surface area contributed by atoms with Gasteiger partial charge in [0.15, 0.2) is 0 Å². The van der Waals surface area contributed by atoms with Gasteiger partial charge in [-0.3, -0.25) is 0 Å². The van der Waals surface area contributed by atoms with Gasteiger partial charge in [0.1, 0.15) is 11.6 Å². The number of rotatable bonds is 6. The average Bonchev–Trinajstić information content (AvgIpc) is 2.26. The maximum absolute atomic E-state index is 13.4. The minimum atomic E-state index is -0.272. The normalized spacial score (nSPS) is 10.3. The Morgan fingerprint density at radius 1 is 1.47 bits per heavy atom. The van der Waals surface area contributed by atoms with Crippen molar-refractivity contribution in [3.8, 4) is 5.75 Å². The Hall–Kier alpha value is -1.13. The van der Waals surface area contributed by atoms with E-state index in [0.29, 0.717) is 30.8 Å². The summed E-state index contributed by atoms with van der Waals surface area (Å²) >= 11 is 0. The molecule has 15 heavy (non-hydrogen) atoms. The third-order valence-electron chi connectivity index (χ3n) is 2.11. The van der Waals surface area contributed by atoms with Gasteiger partial charge in [-0.2, -0.15) is 0 Å². The van der Waals surface area contributed by atoms with E-state index in [2.05, 4.69) is 5.32 Å². The van der Waals surface area contributed by atoms with Crippen LogP contribution in [0.1, 0.15) is 12.0 Å². The lowest BCUT2D eigenvalue weighted by atomic mass is 10.2. The third kappa shape index (κ3) is 3.49. The molecule has 0 spiro atoms. The first-order valence-electron chi connectivity index (χ1n) is 4.92. The van der Waals surface area contributed by atoms with E-state index in [0.717, 1.165) is 0 Å². The zero-order valence-electron chi connectivity index (χ0n) is 8.79. The quantitative estimate of drug-likeness (QED) is 0.700. The molecule has 0 amide bonds. The smallest absolute Gasteiger partial charge is 0.131 e. The maximum Gasteiger partial charge on any atom is 0.131 e. The highest BCUT2D eigenvalue weighted by Gasteiger charge is 2.07. The van der Waals surface area contributed by atoms with E-state index in [1.165, 1.54) is 13.2 Å². The van der Waals surface area contributed by atoms with Gasteiger partial charge in [-0.15, -0.1) is 0 Å². The van der Waals surface area contributed by atoms with E-state index in [1.54, 1.807) is 12.1 Å². The van der Waals surface area contributed by atoms with E-state index in [4.69, 9.17) is 9.84 Å². The summed E-state index contributed by atoms with van der Waals surface area (Å²) in [4.78, 5) is 0. The molecule has 0 aliphatic carbocycles. The van der Waals surface area contributed by atoms with Crippen LogP contribution in [-0.4, -0.2) is 25.4 Å². The molecule has 0 heterocycles. The number of methoxy groups -OCH3 is 1. The molecule has 0 aliphatic heterocycles. The molecule has 0 saturated carbocycles. The lowest BCUT2D eigenvalue weighted by molar-refractivity contribution is 0.285. The number of aliphatic hydroxyl groups excluding tert-OH is 1. The fourth-order valence-corrected chi connectivity index (χ4v) is 1.32. The van der Waals surface area contributed by atoms with Crippen molar-refractivity contribution >= 4 is 0 Å². The van der Waals surface area contributed by atoms with Gasteiger partial charge in [0.25, 0.3) is 0 Å². The van der Waals surface area contributed by atoms with Crippen LogP contribution in [0.3, 0.4) is 0 Å². The largest absolute Gasteiger partial charge is 0.496 e. The van der Waals surface area contributed by atoms with Crippen molar-refractivity contribution in [2.75, 3.05) is 20.3 Å². The van der Waals surface area contributed by atoms with E-state index >= 15 is 0 Å². The first-order valence-corrected chi connectivity index (χ1v) is 4.92. The summed E-state index contributed by atoms with van der Waals surface area (Å²) in [5.41, 5.74) is 0.526. The molecule has 0 unspecified atom stereocenters. The number of aliphatic hydroxyl groups is 1. The Kier molecular flexibility index (Phi) is 5.07. The first kappa shape index (κ1) is 11.9. The highest BCUT2D eigenvalue weighted by molar-refractivity contribution is 5.34. The van der Waals surface area contributed by atoms with Crippen LogP contribution in [0, 0.1) is 5.82 Å². The molecule has 4 heteroatoms. The first-order chi connectivity index (χ1) is 7.29. The fourth-order valence-electron chi connectivity index (χ4n) is 1.32. The Bertz CT molecular complexity index is 305. The van der Waals surface area contributed by atoms with Crippen LogP contribution in [0.5, 0.6) is 5.75 Å². The van der Waals surface area contributed by atoms with Crippen LogP contribution in [0.15, 0.2) is 18.2 Å².